The standard InChI is InChI=1S/C29H26N2O7S/c1-5-12-37-28(35)26-16(3)30-29(39-26)31-23(17-6-9-20(36-4)10-7-17)22(25(33)27(31)34)24(32)18-8-11-21-19(14-18)13-15(2)38-21/h5-11,14-15,23,32H,1,12-13H2,2-4H3/t15-,23+/m1/s1. The van der Waals surface area contributed by atoms with Crippen LogP contribution in [0, 0.1) is 6.92 Å². The predicted octanol–water partition coefficient (Wildman–Crippen LogP) is 4.75. The number of aromatic nitrogens is 1. The Hall–Kier alpha value is -4.44. The summed E-state index contributed by atoms with van der Waals surface area (Å²) in [4.78, 5) is 45.4. The van der Waals surface area contributed by atoms with E-state index >= 15 is 0 Å². The van der Waals surface area contributed by atoms with Gasteiger partial charge in [-0.15, -0.1) is 0 Å². The zero-order valence-electron chi connectivity index (χ0n) is 21.6. The molecular formula is C29H26N2O7S. The number of carbonyl (C=O) groups is 3. The van der Waals surface area contributed by atoms with Gasteiger partial charge in [0.05, 0.1) is 24.4 Å². The Labute approximate surface area is 229 Å². The number of Topliss-reactive ketones (excluding diaryl/α,β-unsaturated/α-hetero) is 1. The molecule has 200 valence electrons. The third-order valence-corrected chi connectivity index (χ3v) is 7.69. The van der Waals surface area contributed by atoms with Crippen molar-refractivity contribution in [2.45, 2.75) is 32.4 Å². The molecule has 5 rings (SSSR count). The molecule has 0 unspecified atom stereocenters. The molecule has 1 saturated heterocycles. The number of thiazole rings is 1. The van der Waals surface area contributed by atoms with Crippen molar-refractivity contribution >= 4 is 39.9 Å². The fraction of sp³-hybridized carbons (Fsp3) is 0.241. The maximum atomic E-state index is 13.5. The number of methoxy groups -OCH3 is 1. The van der Waals surface area contributed by atoms with Gasteiger partial charge in [0.15, 0.2) is 5.13 Å². The van der Waals surface area contributed by atoms with Crippen molar-refractivity contribution in [2.24, 2.45) is 0 Å². The number of rotatable bonds is 7. The topological polar surface area (TPSA) is 115 Å². The van der Waals surface area contributed by atoms with Crippen molar-refractivity contribution in [2.75, 3.05) is 18.6 Å². The van der Waals surface area contributed by atoms with E-state index in [0.29, 0.717) is 29.0 Å². The van der Waals surface area contributed by atoms with E-state index < -0.39 is 23.7 Å². The molecule has 1 aromatic heterocycles. The Morgan fingerprint density at radius 1 is 1.26 bits per heavy atom. The summed E-state index contributed by atoms with van der Waals surface area (Å²) in [6, 6.07) is 11.0. The quantitative estimate of drug-likeness (QED) is 0.148. The highest BCUT2D eigenvalue weighted by molar-refractivity contribution is 7.17. The molecule has 1 N–H and O–H groups in total. The molecule has 9 nitrogen and oxygen atoms in total. The summed E-state index contributed by atoms with van der Waals surface area (Å²) in [5.41, 5.74) is 2.12. The lowest BCUT2D eigenvalue weighted by Gasteiger charge is -2.23. The molecule has 1 fully saturated rings. The van der Waals surface area contributed by atoms with E-state index in [4.69, 9.17) is 14.2 Å². The first-order chi connectivity index (χ1) is 18.7. The van der Waals surface area contributed by atoms with Crippen LogP contribution in [0.25, 0.3) is 5.76 Å². The number of amides is 1. The molecule has 2 aromatic carbocycles. The average molecular weight is 547 g/mol. The summed E-state index contributed by atoms with van der Waals surface area (Å²) in [5.74, 6) is -1.33. The number of ether oxygens (including phenoxy) is 3. The Morgan fingerprint density at radius 3 is 2.69 bits per heavy atom. The average Bonchev–Trinajstić information content (AvgIpc) is 3.58. The molecule has 39 heavy (non-hydrogen) atoms. The van der Waals surface area contributed by atoms with Crippen LogP contribution in [-0.2, 0) is 20.7 Å². The Balaban J connectivity index is 1.64. The van der Waals surface area contributed by atoms with Gasteiger partial charge in [-0.3, -0.25) is 14.5 Å². The number of carbonyl (C=O) groups excluding carboxylic acids is 3. The summed E-state index contributed by atoms with van der Waals surface area (Å²) >= 11 is 0.941. The molecule has 10 heteroatoms. The summed E-state index contributed by atoms with van der Waals surface area (Å²) in [6.45, 7) is 7.13. The van der Waals surface area contributed by atoms with Crippen LogP contribution in [0.2, 0.25) is 0 Å². The lowest BCUT2D eigenvalue weighted by molar-refractivity contribution is -0.132. The number of ketones is 1. The number of aliphatic hydroxyl groups is 1. The van der Waals surface area contributed by atoms with Gasteiger partial charge < -0.3 is 19.3 Å². The molecule has 1 amide bonds. The van der Waals surface area contributed by atoms with Gasteiger partial charge in [0.2, 0.25) is 0 Å². The van der Waals surface area contributed by atoms with Crippen LogP contribution in [0.1, 0.15) is 45.0 Å². The number of aryl methyl sites for hydroxylation is 1. The van der Waals surface area contributed by atoms with Crippen molar-refractivity contribution in [3.63, 3.8) is 0 Å². The minimum atomic E-state index is -0.998. The summed E-state index contributed by atoms with van der Waals surface area (Å²) in [5, 5.41) is 11.6. The van der Waals surface area contributed by atoms with Crippen LogP contribution < -0.4 is 14.4 Å². The number of fused-ring (bicyclic) bond motifs is 1. The number of nitrogens with zero attached hydrogens (tertiary/aromatic N) is 2. The molecule has 0 saturated carbocycles. The molecule has 0 aliphatic carbocycles. The van der Waals surface area contributed by atoms with Crippen LogP contribution in [0.15, 0.2) is 60.7 Å². The van der Waals surface area contributed by atoms with Gasteiger partial charge in [-0.1, -0.05) is 36.1 Å². The molecule has 3 aromatic rings. The second-order valence-electron chi connectivity index (χ2n) is 9.20. The van der Waals surface area contributed by atoms with Crippen LogP contribution in [0.4, 0.5) is 5.13 Å². The van der Waals surface area contributed by atoms with Crippen LogP contribution in [0.5, 0.6) is 11.5 Å². The Bertz CT molecular complexity index is 1520. The van der Waals surface area contributed by atoms with Crippen LogP contribution in [-0.4, -0.2) is 47.6 Å². The number of esters is 1. The van der Waals surface area contributed by atoms with Gasteiger partial charge >= 0.3 is 11.9 Å². The van der Waals surface area contributed by atoms with Crippen molar-refractivity contribution in [3.8, 4) is 11.5 Å². The lowest BCUT2D eigenvalue weighted by atomic mass is 9.94. The van der Waals surface area contributed by atoms with Crippen molar-refractivity contribution in [1.29, 1.82) is 0 Å². The lowest BCUT2D eigenvalue weighted by Crippen LogP contribution is -2.29. The monoisotopic (exact) mass is 546 g/mol. The molecular weight excluding hydrogens is 520 g/mol. The van der Waals surface area contributed by atoms with Crippen molar-refractivity contribution in [1.82, 2.24) is 4.98 Å². The van der Waals surface area contributed by atoms with E-state index in [-0.39, 0.29) is 34.1 Å². The van der Waals surface area contributed by atoms with Crippen LogP contribution in [0.3, 0.4) is 0 Å². The van der Waals surface area contributed by atoms with E-state index in [0.717, 1.165) is 22.6 Å². The van der Waals surface area contributed by atoms with E-state index in [2.05, 4.69) is 11.6 Å². The van der Waals surface area contributed by atoms with Gasteiger partial charge in [0.1, 0.15) is 34.8 Å². The van der Waals surface area contributed by atoms with E-state index in [1.54, 1.807) is 49.4 Å². The molecule has 3 heterocycles. The molecule has 2 atom stereocenters. The second kappa shape index (κ2) is 10.4. The minimum Gasteiger partial charge on any atom is -0.507 e. The van der Waals surface area contributed by atoms with E-state index in [1.807, 2.05) is 6.92 Å². The first-order valence-electron chi connectivity index (χ1n) is 12.2. The summed E-state index contributed by atoms with van der Waals surface area (Å²) < 4.78 is 16.2. The van der Waals surface area contributed by atoms with E-state index in [9.17, 15) is 19.5 Å². The number of hydrogen-bond acceptors (Lipinski definition) is 9. The largest absolute Gasteiger partial charge is 0.507 e. The Morgan fingerprint density at radius 2 is 2.00 bits per heavy atom. The number of anilines is 1. The maximum absolute atomic E-state index is 13.5. The Kier molecular flexibility index (Phi) is 6.96. The number of benzene rings is 2. The zero-order valence-corrected chi connectivity index (χ0v) is 22.4. The van der Waals surface area contributed by atoms with Gasteiger partial charge in [0.25, 0.3) is 5.78 Å². The fourth-order valence-corrected chi connectivity index (χ4v) is 5.72. The van der Waals surface area contributed by atoms with Gasteiger partial charge in [-0.2, -0.15) is 0 Å². The number of aliphatic hydroxyl groups excluding tert-OH is 1. The summed E-state index contributed by atoms with van der Waals surface area (Å²) in [6.07, 6.45) is 2.11. The van der Waals surface area contributed by atoms with Gasteiger partial charge in [0, 0.05) is 12.0 Å². The fourth-order valence-electron chi connectivity index (χ4n) is 4.73. The van der Waals surface area contributed by atoms with Gasteiger partial charge in [-0.05, 0) is 55.3 Å². The highest BCUT2D eigenvalue weighted by Gasteiger charge is 2.48. The molecule has 0 spiro atoms. The highest BCUT2D eigenvalue weighted by Crippen LogP contribution is 2.44. The van der Waals surface area contributed by atoms with Crippen molar-refractivity contribution < 1.29 is 33.7 Å². The third kappa shape index (κ3) is 4.67. The van der Waals surface area contributed by atoms with E-state index in [1.165, 1.54) is 18.1 Å². The minimum absolute atomic E-state index is 0.00258. The zero-order chi connectivity index (χ0) is 27.8. The van der Waals surface area contributed by atoms with Crippen LogP contribution >= 0.6 is 11.3 Å². The smallest absolute Gasteiger partial charge is 0.350 e. The molecule has 0 bridgehead atoms. The first kappa shape index (κ1) is 26.2. The second-order valence-corrected chi connectivity index (χ2v) is 10.2. The van der Waals surface area contributed by atoms with Gasteiger partial charge in [-0.25, -0.2) is 9.78 Å². The third-order valence-electron chi connectivity index (χ3n) is 6.55. The molecule has 2 aliphatic rings. The number of hydrogen-bond donors (Lipinski definition) is 1. The highest BCUT2D eigenvalue weighted by atomic mass is 32.1. The van der Waals surface area contributed by atoms with Crippen molar-refractivity contribution in [3.05, 3.63) is 88.0 Å². The predicted molar refractivity (Wildman–Crippen MR) is 145 cm³/mol. The summed E-state index contributed by atoms with van der Waals surface area (Å²) in [7, 11) is 1.53. The normalized spacial score (nSPS) is 19.5. The first-order valence-corrected chi connectivity index (χ1v) is 13.1. The maximum Gasteiger partial charge on any atom is 0.350 e. The molecule has 0 radical (unpaired) electrons. The SMILES string of the molecule is C=CCOC(=O)c1sc(N2C(=O)C(=O)C(=C(O)c3ccc4c(c3)C[C@@H](C)O4)[C@@H]2c2ccc(OC)cc2)nc1C. The molecule has 2 aliphatic heterocycles.